The van der Waals surface area contributed by atoms with Crippen molar-refractivity contribution in [3.05, 3.63) is 23.5 Å². The number of aromatic nitrogens is 3. The van der Waals surface area contributed by atoms with E-state index in [0.717, 1.165) is 21.3 Å². The number of fused-ring (bicyclic) bond motifs is 3. The average Bonchev–Trinajstić information content (AvgIpc) is 3.15. The third kappa shape index (κ3) is 1.76. The van der Waals surface area contributed by atoms with Gasteiger partial charge in [-0.15, -0.1) is 11.3 Å². The molecule has 0 spiro atoms. The van der Waals surface area contributed by atoms with Gasteiger partial charge >= 0.3 is 0 Å². The maximum atomic E-state index is 10.3. The van der Waals surface area contributed by atoms with E-state index in [4.69, 9.17) is 4.74 Å². The standard InChI is InChI=1S/C14H15N3O4S/c1-6-9-12-7(2-3-22-12)17(13(9)16-5-15-6)14-11(20)10(19)8(4-18)21-14/h2-3,5,8,10-11,14,18-20H,4H2,1H3/t8-,10-,11-,14-/m1/s1. The maximum Gasteiger partial charge on any atom is 0.165 e. The second-order valence-corrected chi connectivity index (χ2v) is 6.31. The van der Waals surface area contributed by atoms with Gasteiger partial charge in [-0.3, -0.25) is 4.57 Å². The van der Waals surface area contributed by atoms with E-state index < -0.39 is 24.5 Å². The molecule has 4 atom stereocenters. The Morgan fingerprint density at radius 2 is 2.14 bits per heavy atom. The Kier molecular flexibility index (Phi) is 3.17. The molecule has 116 valence electrons. The molecule has 0 saturated carbocycles. The lowest BCUT2D eigenvalue weighted by Gasteiger charge is -2.18. The summed E-state index contributed by atoms with van der Waals surface area (Å²) in [4.78, 5) is 8.56. The summed E-state index contributed by atoms with van der Waals surface area (Å²) in [6.45, 7) is 1.56. The van der Waals surface area contributed by atoms with E-state index in [0.29, 0.717) is 5.65 Å². The summed E-state index contributed by atoms with van der Waals surface area (Å²) in [5, 5.41) is 32.5. The van der Waals surface area contributed by atoms with Gasteiger partial charge in [0.2, 0.25) is 0 Å². The van der Waals surface area contributed by atoms with Crippen LogP contribution in [0.25, 0.3) is 21.3 Å². The van der Waals surface area contributed by atoms with E-state index in [9.17, 15) is 15.3 Å². The Morgan fingerprint density at radius 3 is 2.86 bits per heavy atom. The Morgan fingerprint density at radius 1 is 1.32 bits per heavy atom. The topological polar surface area (TPSA) is 101 Å². The predicted molar refractivity (Wildman–Crippen MR) is 80.7 cm³/mol. The molecule has 0 unspecified atom stereocenters. The lowest BCUT2D eigenvalue weighted by molar-refractivity contribution is -0.0489. The van der Waals surface area contributed by atoms with Crippen LogP contribution < -0.4 is 0 Å². The molecule has 7 nitrogen and oxygen atoms in total. The van der Waals surface area contributed by atoms with Crippen molar-refractivity contribution in [1.29, 1.82) is 0 Å². The monoisotopic (exact) mass is 321 g/mol. The van der Waals surface area contributed by atoms with E-state index in [-0.39, 0.29) is 6.61 Å². The number of hydrogen-bond acceptors (Lipinski definition) is 7. The highest BCUT2D eigenvalue weighted by Gasteiger charge is 2.44. The van der Waals surface area contributed by atoms with Crippen LogP contribution in [0.15, 0.2) is 17.8 Å². The minimum Gasteiger partial charge on any atom is -0.394 e. The van der Waals surface area contributed by atoms with Gasteiger partial charge in [-0.05, 0) is 18.4 Å². The van der Waals surface area contributed by atoms with Gasteiger partial charge in [-0.1, -0.05) is 0 Å². The fourth-order valence-corrected chi connectivity index (χ4v) is 4.03. The molecular formula is C14H15N3O4S. The summed E-state index contributed by atoms with van der Waals surface area (Å²) in [5.41, 5.74) is 2.38. The number of aryl methyl sites for hydroxylation is 1. The van der Waals surface area contributed by atoms with E-state index >= 15 is 0 Å². The van der Waals surface area contributed by atoms with Gasteiger partial charge in [0.25, 0.3) is 0 Å². The van der Waals surface area contributed by atoms with Crippen LogP contribution in [0.3, 0.4) is 0 Å². The van der Waals surface area contributed by atoms with Crippen LogP contribution in [0.5, 0.6) is 0 Å². The quantitative estimate of drug-likeness (QED) is 0.638. The van der Waals surface area contributed by atoms with Crippen LogP contribution in [0.2, 0.25) is 0 Å². The first-order chi connectivity index (χ1) is 10.6. The molecule has 4 heterocycles. The van der Waals surface area contributed by atoms with Crippen LogP contribution in [-0.4, -0.2) is 54.8 Å². The Bertz CT molecular complexity index is 845. The van der Waals surface area contributed by atoms with Gasteiger partial charge in [0.05, 0.1) is 27.9 Å². The van der Waals surface area contributed by atoms with Crippen LogP contribution in [-0.2, 0) is 4.74 Å². The minimum absolute atomic E-state index is 0.352. The molecule has 1 aliphatic heterocycles. The Hall–Kier alpha value is -1.58. The molecule has 1 aliphatic rings. The van der Waals surface area contributed by atoms with Crippen molar-refractivity contribution in [1.82, 2.24) is 14.5 Å². The number of thiophene rings is 1. The number of ether oxygens (including phenoxy) is 1. The first-order valence-corrected chi connectivity index (χ1v) is 7.82. The maximum absolute atomic E-state index is 10.3. The number of hydrogen-bond donors (Lipinski definition) is 3. The number of rotatable bonds is 2. The summed E-state index contributed by atoms with van der Waals surface area (Å²) >= 11 is 1.57. The zero-order valence-electron chi connectivity index (χ0n) is 11.7. The van der Waals surface area contributed by atoms with Crippen LogP contribution in [0.4, 0.5) is 0 Å². The molecule has 22 heavy (non-hydrogen) atoms. The highest BCUT2D eigenvalue weighted by atomic mass is 32.1. The van der Waals surface area contributed by atoms with Gasteiger partial charge in [0.15, 0.2) is 6.23 Å². The molecule has 1 saturated heterocycles. The fourth-order valence-electron chi connectivity index (χ4n) is 3.05. The van der Waals surface area contributed by atoms with Crippen molar-refractivity contribution in [3.63, 3.8) is 0 Å². The molecule has 0 bridgehead atoms. The van der Waals surface area contributed by atoms with Crippen molar-refractivity contribution in [2.24, 2.45) is 0 Å². The van der Waals surface area contributed by atoms with E-state index in [1.807, 2.05) is 18.4 Å². The van der Waals surface area contributed by atoms with Gasteiger partial charge in [0, 0.05) is 0 Å². The third-order valence-corrected chi connectivity index (χ3v) is 5.07. The van der Waals surface area contributed by atoms with E-state index in [1.54, 1.807) is 15.9 Å². The molecular weight excluding hydrogens is 306 g/mol. The highest BCUT2D eigenvalue weighted by Crippen LogP contribution is 2.39. The molecule has 1 fully saturated rings. The number of aliphatic hydroxyl groups is 3. The summed E-state index contributed by atoms with van der Waals surface area (Å²) < 4.78 is 8.46. The summed E-state index contributed by atoms with van der Waals surface area (Å²) in [7, 11) is 0. The molecule has 0 radical (unpaired) electrons. The highest BCUT2D eigenvalue weighted by molar-refractivity contribution is 7.18. The molecule has 0 amide bonds. The smallest absolute Gasteiger partial charge is 0.165 e. The summed E-state index contributed by atoms with van der Waals surface area (Å²) in [5.74, 6) is 0. The lowest BCUT2D eigenvalue weighted by atomic mass is 10.1. The van der Waals surface area contributed by atoms with Crippen LogP contribution in [0, 0.1) is 6.92 Å². The zero-order chi connectivity index (χ0) is 15.4. The minimum atomic E-state index is -1.14. The normalized spacial score (nSPS) is 28.9. The Labute approximate surface area is 129 Å². The second kappa shape index (κ2) is 4.97. The molecule has 3 N–H and O–H groups in total. The summed E-state index contributed by atoms with van der Waals surface area (Å²) in [6, 6.07) is 1.93. The SMILES string of the molecule is Cc1ncnc2c1c1sccc1n2[C@@H]1O[C@H](CO)[C@@H](O)[C@H]1O. The van der Waals surface area contributed by atoms with Crippen molar-refractivity contribution in [3.8, 4) is 0 Å². The van der Waals surface area contributed by atoms with Crippen molar-refractivity contribution in [2.45, 2.75) is 31.5 Å². The second-order valence-electron chi connectivity index (χ2n) is 5.39. The average molecular weight is 321 g/mol. The van der Waals surface area contributed by atoms with Gasteiger partial charge in [-0.25, -0.2) is 9.97 Å². The molecule has 0 aliphatic carbocycles. The molecule has 8 heteroatoms. The fraction of sp³-hybridized carbons (Fsp3) is 0.429. The van der Waals surface area contributed by atoms with Crippen molar-refractivity contribution in [2.75, 3.05) is 6.61 Å². The zero-order valence-corrected chi connectivity index (χ0v) is 12.6. The van der Waals surface area contributed by atoms with E-state index in [2.05, 4.69) is 9.97 Å². The van der Waals surface area contributed by atoms with Crippen molar-refractivity contribution >= 4 is 32.6 Å². The predicted octanol–water partition coefficient (Wildman–Crippen LogP) is 0.566. The Balaban J connectivity index is 1.98. The first-order valence-electron chi connectivity index (χ1n) is 6.94. The van der Waals surface area contributed by atoms with E-state index in [1.165, 1.54) is 6.33 Å². The molecule has 3 aromatic heterocycles. The molecule has 4 rings (SSSR count). The van der Waals surface area contributed by atoms with Gasteiger partial charge in [0.1, 0.15) is 30.3 Å². The third-order valence-electron chi connectivity index (χ3n) is 4.15. The number of aliphatic hydroxyl groups excluding tert-OH is 3. The van der Waals surface area contributed by atoms with Crippen LogP contribution >= 0.6 is 11.3 Å². The largest absolute Gasteiger partial charge is 0.394 e. The van der Waals surface area contributed by atoms with Gasteiger partial charge < -0.3 is 20.1 Å². The molecule has 0 aromatic carbocycles. The number of nitrogens with zero attached hydrogens (tertiary/aromatic N) is 3. The lowest BCUT2D eigenvalue weighted by Crippen LogP contribution is -2.33. The summed E-state index contributed by atoms with van der Waals surface area (Å²) in [6.07, 6.45) is -2.40. The first kappa shape index (κ1) is 14.0. The van der Waals surface area contributed by atoms with Crippen LogP contribution in [0.1, 0.15) is 11.9 Å². The van der Waals surface area contributed by atoms with Gasteiger partial charge in [-0.2, -0.15) is 0 Å². The van der Waals surface area contributed by atoms with Crippen molar-refractivity contribution < 1.29 is 20.1 Å². The molecule has 3 aromatic rings.